The zero-order valence-electron chi connectivity index (χ0n) is 17.4. The molecule has 1 aromatic carbocycles. The van der Waals surface area contributed by atoms with E-state index in [1.54, 1.807) is 11.7 Å². The Morgan fingerprint density at radius 2 is 1.79 bits per heavy atom. The number of likely N-dealkylation sites (N-methyl/N-ethyl adjacent to an activating group) is 1. The van der Waals surface area contributed by atoms with E-state index in [1.165, 1.54) is 11.1 Å². The Bertz CT molecular complexity index is 780. The van der Waals surface area contributed by atoms with Crippen LogP contribution in [0.1, 0.15) is 30.9 Å². The molecular weight excluding hydrogens is 370 g/mol. The van der Waals surface area contributed by atoms with Gasteiger partial charge in [-0.2, -0.15) is 5.10 Å². The molecule has 1 aromatic heterocycles. The zero-order valence-corrected chi connectivity index (χ0v) is 17.4. The second-order valence-corrected chi connectivity index (χ2v) is 7.21. The van der Waals surface area contributed by atoms with Gasteiger partial charge in [0.2, 0.25) is 5.91 Å². The van der Waals surface area contributed by atoms with Gasteiger partial charge in [-0.25, -0.2) is 0 Å². The Morgan fingerprint density at radius 1 is 1.21 bits per heavy atom. The predicted octanol–water partition coefficient (Wildman–Crippen LogP) is 1.88. The van der Waals surface area contributed by atoms with Crippen molar-refractivity contribution in [3.05, 3.63) is 47.7 Å². The Balaban J connectivity index is 0.000000941. The van der Waals surface area contributed by atoms with Crippen molar-refractivity contribution < 1.29 is 14.7 Å². The molecule has 1 fully saturated rings. The topological polar surface area (TPSA) is 99.5 Å². The molecule has 1 aliphatic rings. The van der Waals surface area contributed by atoms with Crippen molar-refractivity contribution in [3.8, 4) is 0 Å². The van der Waals surface area contributed by atoms with Gasteiger partial charge in [-0.05, 0) is 30.4 Å². The van der Waals surface area contributed by atoms with Crippen LogP contribution >= 0.6 is 0 Å². The molecule has 3 N–H and O–H groups in total. The number of nitrogens with one attached hydrogen (secondary N) is 2. The third-order valence-electron chi connectivity index (χ3n) is 5.29. The van der Waals surface area contributed by atoms with E-state index >= 15 is 0 Å². The Morgan fingerprint density at radius 3 is 2.28 bits per heavy atom. The number of carboxylic acid groups (broad SMARTS) is 1. The fourth-order valence-corrected chi connectivity index (χ4v) is 3.61. The summed E-state index contributed by atoms with van der Waals surface area (Å²) in [4.78, 5) is 23.4. The normalized spacial score (nSPS) is 15.7. The average Bonchev–Trinajstić information content (AvgIpc) is 3.14. The summed E-state index contributed by atoms with van der Waals surface area (Å²) in [6.07, 6.45) is 4.47. The lowest BCUT2D eigenvalue weighted by atomic mass is 9.86. The number of amides is 1. The van der Waals surface area contributed by atoms with Crippen molar-refractivity contribution in [2.75, 3.05) is 25.5 Å². The van der Waals surface area contributed by atoms with Crippen LogP contribution in [0, 0.1) is 0 Å². The molecule has 2 aromatic rings. The molecule has 1 amide bonds. The molecule has 8 heteroatoms. The second-order valence-electron chi connectivity index (χ2n) is 7.21. The van der Waals surface area contributed by atoms with Crippen LogP contribution in [0.15, 0.2) is 36.5 Å². The summed E-state index contributed by atoms with van der Waals surface area (Å²) in [5.41, 5.74) is 2.10. The molecule has 2 heterocycles. The lowest BCUT2D eigenvalue weighted by Gasteiger charge is -2.41. The molecule has 0 bridgehead atoms. The molecule has 158 valence electrons. The maximum absolute atomic E-state index is 12.6. The van der Waals surface area contributed by atoms with Gasteiger partial charge in [0.25, 0.3) is 6.47 Å². The fourth-order valence-electron chi connectivity index (χ4n) is 3.61. The minimum absolute atomic E-state index is 0.0371. The van der Waals surface area contributed by atoms with Crippen LogP contribution in [0.3, 0.4) is 0 Å². The Kier molecular flexibility index (Phi) is 8.21. The highest BCUT2D eigenvalue weighted by Gasteiger charge is 2.41. The number of hydrogen-bond acceptors (Lipinski definition) is 5. The van der Waals surface area contributed by atoms with Crippen molar-refractivity contribution in [1.29, 1.82) is 0 Å². The average molecular weight is 402 g/mol. The van der Waals surface area contributed by atoms with Gasteiger partial charge in [-0.1, -0.05) is 31.2 Å². The van der Waals surface area contributed by atoms with Gasteiger partial charge < -0.3 is 15.7 Å². The molecule has 0 unspecified atom stereocenters. The molecule has 0 radical (unpaired) electrons. The van der Waals surface area contributed by atoms with Crippen LogP contribution in [-0.4, -0.2) is 57.8 Å². The highest BCUT2D eigenvalue weighted by Crippen LogP contribution is 2.27. The molecule has 1 aliphatic heterocycles. The van der Waals surface area contributed by atoms with Crippen molar-refractivity contribution in [3.63, 3.8) is 0 Å². The number of carbonyl (C=O) groups is 2. The first-order valence-corrected chi connectivity index (χ1v) is 9.84. The van der Waals surface area contributed by atoms with Crippen LogP contribution in [0.25, 0.3) is 0 Å². The van der Waals surface area contributed by atoms with Gasteiger partial charge in [0.15, 0.2) is 0 Å². The molecule has 0 spiro atoms. The number of rotatable bonds is 6. The maximum Gasteiger partial charge on any atom is 0.290 e. The molecule has 0 aliphatic carbocycles. The van der Waals surface area contributed by atoms with E-state index in [9.17, 15) is 4.79 Å². The molecule has 29 heavy (non-hydrogen) atoms. The highest BCUT2D eigenvalue weighted by molar-refractivity contribution is 5.89. The Labute approximate surface area is 171 Å². The second kappa shape index (κ2) is 10.6. The first-order valence-electron chi connectivity index (χ1n) is 9.84. The fraction of sp³-hybridized carbons (Fsp3) is 0.476. The lowest BCUT2D eigenvalue weighted by Crippen LogP contribution is -2.57. The third kappa shape index (κ3) is 6.05. The number of aryl methyl sites for hydroxylation is 2. The predicted molar refractivity (Wildman–Crippen MR) is 113 cm³/mol. The smallest absolute Gasteiger partial charge is 0.290 e. The van der Waals surface area contributed by atoms with Gasteiger partial charge in [-0.3, -0.25) is 19.2 Å². The van der Waals surface area contributed by atoms with E-state index in [4.69, 9.17) is 9.90 Å². The number of likely N-dealkylation sites (tertiary alicyclic amines) is 1. The standard InChI is InChI=1S/C20H29N5O.CH2O2/c1-4-16-5-7-17(8-6-16)15-25-13-10-20(11-14-25,19(26)21-2)22-18-9-12-24(3)23-18;2-1-3/h5-9,12H,4,10-11,13-15H2,1-3H3,(H,21,26)(H,22,23);1H,(H,2,3). The van der Waals surface area contributed by atoms with Crippen molar-refractivity contribution in [2.24, 2.45) is 7.05 Å². The quantitative estimate of drug-likeness (QED) is 0.639. The molecule has 3 rings (SSSR count). The van der Waals surface area contributed by atoms with Crippen LogP contribution in [-0.2, 0) is 29.6 Å². The first kappa shape index (κ1) is 22.4. The number of hydrogen-bond donors (Lipinski definition) is 3. The van der Waals surface area contributed by atoms with Crippen LogP contribution in [0.4, 0.5) is 5.82 Å². The first-order chi connectivity index (χ1) is 14.0. The summed E-state index contributed by atoms with van der Waals surface area (Å²) < 4.78 is 1.75. The summed E-state index contributed by atoms with van der Waals surface area (Å²) in [5.74, 6) is 0.787. The number of carbonyl (C=O) groups excluding carboxylic acids is 1. The molecule has 0 saturated carbocycles. The summed E-state index contributed by atoms with van der Waals surface area (Å²) in [7, 11) is 3.58. The van der Waals surface area contributed by atoms with Crippen molar-refractivity contribution in [2.45, 2.75) is 38.3 Å². The number of nitrogens with zero attached hydrogens (tertiary/aromatic N) is 3. The van der Waals surface area contributed by atoms with E-state index in [2.05, 4.69) is 51.8 Å². The Hall–Kier alpha value is -2.87. The van der Waals surface area contributed by atoms with E-state index < -0.39 is 5.54 Å². The van der Waals surface area contributed by atoms with Gasteiger partial charge >= 0.3 is 0 Å². The van der Waals surface area contributed by atoms with Gasteiger partial charge in [0, 0.05) is 46.0 Å². The summed E-state index contributed by atoms with van der Waals surface area (Å²) in [6, 6.07) is 10.7. The van der Waals surface area contributed by atoms with E-state index in [0.29, 0.717) is 0 Å². The van der Waals surface area contributed by atoms with Gasteiger partial charge in [0.1, 0.15) is 11.4 Å². The van der Waals surface area contributed by atoms with Crippen molar-refractivity contribution in [1.82, 2.24) is 20.0 Å². The van der Waals surface area contributed by atoms with Gasteiger partial charge in [0.05, 0.1) is 0 Å². The van der Waals surface area contributed by atoms with Gasteiger partial charge in [-0.15, -0.1) is 0 Å². The van der Waals surface area contributed by atoms with Crippen LogP contribution < -0.4 is 10.6 Å². The molecular formula is C21H31N5O3. The van der Waals surface area contributed by atoms with E-state index in [0.717, 1.165) is 44.7 Å². The van der Waals surface area contributed by atoms with Crippen molar-refractivity contribution >= 4 is 18.2 Å². The molecule has 0 atom stereocenters. The maximum atomic E-state index is 12.6. The minimum Gasteiger partial charge on any atom is -0.483 e. The summed E-state index contributed by atoms with van der Waals surface area (Å²) >= 11 is 0. The third-order valence-corrected chi connectivity index (χ3v) is 5.29. The minimum atomic E-state index is -0.592. The van der Waals surface area contributed by atoms with Crippen LogP contribution in [0.2, 0.25) is 0 Å². The number of aromatic nitrogens is 2. The molecule has 8 nitrogen and oxygen atoms in total. The number of piperidine rings is 1. The molecule has 1 saturated heterocycles. The zero-order chi connectivity index (χ0) is 21.3. The van der Waals surface area contributed by atoms with E-state index in [1.807, 2.05) is 19.3 Å². The van der Waals surface area contributed by atoms with E-state index in [-0.39, 0.29) is 12.4 Å². The lowest BCUT2D eigenvalue weighted by molar-refractivity contribution is -0.126. The number of anilines is 1. The SMILES string of the molecule is CCc1ccc(CN2CCC(Nc3ccn(C)n3)(C(=O)NC)CC2)cc1.O=CO. The number of benzene rings is 1. The monoisotopic (exact) mass is 401 g/mol. The summed E-state index contributed by atoms with van der Waals surface area (Å²) in [5, 5.41) is 17.5. The largest absolute Gasteiger partial charge is 0.483 e. The highest BCUT2D eigenvalue weighted by atomic mass is 16.3. The summed E-state index contributed by atoms with van der Waals surface area (Å²) in [6.45, 7) is 4.61. The van der Waals surface area contributed by atoms with Crippen LogP contribution in [0.5, 0.6) is 0 Å².